The second-order valence-corrected chi connectivity index (χ2v) is 15.3. The Hall–Kier alpha value is -8.14. The van der Waals surface area contributed by atoms with Crippen molar-refractivity contribution in [2.75, 3.05) is 9.80 Å². The molecular weight excluding hydrogens is 739 g/mol. The maximum Gasteiger partial charge on any atom is 0.0561 e. The highest BCUT2D eigenvalue weighted by atomic mass is 15.2. The number of benzene rings is 10. The summed E-state index contributed by atoms with van der Waals surface area (Å²) in [5.74, 6) is 0. The van der Waals surface area contributed by atoms with E-state index in [-0.39, 0.29) is 0 Å². The minimum Gasteiger partial charge on any atom is -0.310 e. The average Bonchev–Trinajstić information content (AvgIpc) is 3.67. The topological polar surface area (TPSA) is 11.4 Å². The average molecular weight is 780 g/mol. The molecule has 3 nitrogen and oxygen atoms in total. The van der Waals surface area contributed by atoms with Gasteiger partial charge >= 0.3 is 0 Å². The van der Waals surface area contributed by atoms with Crippen LogP contribution in [0, 0.1) is 0 Å². The second kappa shape index (κ2) is 15.6. The number of nitrogens with zero attached hydrogens (tertiary/aromatic N) is 3. The zero-order chi connectivity index (χ0) is 40.5. The van der Waals surface area contributed by atoms with Gasteiger partial charge in [0.25, 0.3) is 0 Å². The molecule has 11 aromatic rings. The summed E-state index contributed by atoms with van der Waals surface area (Å²) in [6, 6.07) is 89.4. The quantitative estimate of drug-likeness (QED) is 0.145. The Bertz CT molecular complexity index is 3280. The molecule has 288 valence electrons. The summed E-state index contributed by atoms with van der Waals surface area (Å²) in [7, 11) is 0. The molecule has 3 heteroatoms. The van der Waals surface area contributed by atoms with Crippen LogP contribution in [0.4, 0.5) is 34.1 Å². The molecule has 11 rings (SSSR count). The Morgan fingerprint density at radius 2 is 0.754 bits per heavy atom. The maximum atomic E-state index is 2.41. The normalized spacial score (nSPS) is 11.3. The van der Waals surface area contributed by atoms with E-state index in [1.54, 1.807) is 0 Å². The van der Waals surface area contributed by atoms with E-state index >= 15 is 0 Å². The van der Waals surface area contributed by atoms with E-state index < -0.39 is 0 Å². The first-order chi connectivity index (χ1) is 30.3. The summed E-state index contributed by atoms with van der Waals surface area (Å²) in [5.41, 5.74) is 14.9. The number of para-hydroxylation sites is 5. The summed E-state index contributed by atoms with van der Waals surface area (Å²) in [6.45, 7) is 0. The van der Waals surface area contributed by atoms with Crippen LogP contribution in [0.3, 0.4) is 0 Å². The lowest BCUT2D eigenvalue weighted by Crippen LogP contribution is -2.11. The molecule has 0 fully saturated rings. The number of rotatable bonds is 9. The first-order valence-corrected chi connectivity index (χ1v) is 20.9. The lowest BCUT2D eigenvalue weighted by atomic mass is 9.95. The maximum absolute atomic E-state index is 2.41. The van der Waals surface area contributed by atoms with Crippen molar-refractivity contribution >= 4 is 66.7 Å². The Morgan fingerprint density at radius 1 is 0.262 bits per heavy atom. The highest BCUT2D eigenvalue weighted by Gasteiger charge is 2.21. The molecule has 0 N–H and O–H groups in total. The van der Waals surface area contributed by atoms with E-state index in [9.17, 15) is 0 Å². The SMILES string of the molecule is c1ccc(-c2ccccc2N(c2ccccc2)c2ccc(-c3ccc(N(c4ccccc4)c4ccc5c6ccccc6n(-c6ccccc6)c5c4)c4ccccc34)cc2)cc1. The van der Waals surface area contributed by atoms with Crippen molar-refractivity contribution in [3.63, 3.8) is 0 Å². The van der Waals surface area contributed by atoms with E-state index in [0.717, 1.165) is 45.4 Å². The Kier molecular flexibility index (Phi) is 9.18. The largest absolute Gasteiger partial charge is 0.310 e. The number of aromatic nitrogens is 1. The molecule has 0 saturated heterocycles. The van der Waals surface area contributed by atoms with Gasteiger partial charge in [-0.1, -0.05) is 170 Å². The summed E-state index contributed by atoms with van der Waals surface area (Å²) in [4.78, 5) is 4.77. The molecule has 0 amide bonds. The van der Waals surface area contributed by atoms with Crippen molar-refractivity contribution in [2.24, 2.45) is 0 Å². The van der Waals surface area contributed by atoms with E-state index in [0.29, 0.717) is 0 Å². The van der Waals surface area contributed by atoms with Gasteiger partial charge in [0.15, 0.2) is 0 Å². The fraction of sp³-hybridized carbons (Fsp3) is 0. The second-order valence-electron chi connectivity index (χ2n) is 15.3. The molecule has 1 heterocycles. The lowest BCUT2D eigenvalue weighted by Gasteiger charge is -2.28. The van der Waals surface area contributed by atoms with Crippen LogP contribution in [0.15, 0.2) is 249 Å². The highest BCUT2D eigenvalue weighted by molar-refractivity contribution is 6.11. The van der Waals surface area contributed by atoms with Crippen LogP contribution in [0.25, 0.3) is 60.5 Å². The van der Waals surface area contributed by atoms with Gasteiger partial charge in [-0.15, -0.1) is 0 Å². The van der Waals surface area contributed by atoms with Gasteiger partial charge in [0, 0.05) is 50.2 Å². The van der Waals surface area contributed by atoms with E-state index in [2.05, 4.69) is 263 Å². The van der Waals surface area contributed by atoms with Crippen LogP contribution in [0.5, 0.6) is 0 Å². The standard InChI is InChI=1S/C58H41N3/c1-5-19-42(20-6-1)50-27-15-17-31-55(50)59(44-21-7-2-8-22-44)47-35-33-43(34-36-47)49-39-40-57(52-29-14-13-28-51(49)52)60(45-23-9-3-10-24-45)48-37-38-54-53-30-16-18-32-56(53)61(58(54)41-48)46-25-11-4-12-26-46/h1-41H. The minimum atomic E-state index is 1.10. The predicted molar refractivity (Wildman–Crippen MR) is 259 cm³/mol. The van der Waals surface area contributed by atoms with Crippen LogP contribution < -0.4 is 9.80 Å². The monoisotopic (exact) mass is 779 g/mol. The molecule has 0 aliphatic heterocycles. The first kappa shape index (κ1) is 36.0. The molecule has 61 heavy (non-hydrogen) atoms. The number of anilines is 6. The van der Waals surface area contributed by atoms with Gasteiger partial charge in [0.05, 0.1) is 22.4 Å². The third-order valence-electron chi connectivity index (χ3n) is 11.8. The van der Waals surface area contributed by atoms with Gasteiger partial charge in [-0.05, 0) is 101 Å². The molecule has 0 bridgehead atoms. The van der Waals surface area contributed by atoms with Crippen molar-refractivity contribution in [1.82, 2.24) is 4.57 Å². The van der Waals surface area contributed by atoms with Crippen molar-refractivity contribution in [3.05, 3.63) is 249 Å². The summed E-state index contributed by atoms with van der Waals surface area (Å²) < 4.78 is 2.39. The van der Waals surface area contributed by atoms with Gasteiger partial charge in [-0.3, -0.25) is 0 Å². The zero-order valence-electron chi connectivity index (χ0n) is 33.5. The summed E-state index contributed by atoms with van der Waals surface area (Å²) in [6.07, 6.45) is 0. The smallest absolute Gasteiger partial charge is 0.0561 e. The molecule has 0 unspecified atom stereocenters. The van der Waals surface area contributed by atoms with Gasteiger partial charge in [-0.25, -0.2) is 0 Å². The fourth-order valence-corrected chi connectivity index (χ4v) is 9.01. The molecule has 0 aliphatic carbocycles. The molecule has 0 radical (unpaired) electrons. The molecular formula is C58H41N3. The van der Waals surface area contributed by atoms with Crippen LogP contribution in [0.1, 0.15) is 0 Å². The van der Waals surface area contributed by atoms with Crippen molar-refractivity contribution in [1.29, 1.82) is 0 Å². The number of fused-ring (bicyclic) bond motifs is 4. The van der Waals surface area contributed by atoms with Gasteiger partial charge in [0.1, 0.15) is 0 Å². The molecule has 1 aromatic heterocycles. The third-order valence-corrected chi connectivity index (χ3v) is 11.8. The van der Waals surface area contributed by atoms with Crippen LogP contribution in [-0.4, -0.2) is 4.57 Å². The molecule has 0 aliphatic rings. The fourth-order valence-electron chi connectivity index (χ4n) is 9.01. The van der Waals surface area contributed by atoms with Gasteiger partial charge in [-0.2, -0.15) is 0 Å². The van der Waals surface area contributed by atoms with Gasteiger partial charge in [0.2, 0.25) is 0 Å². The van der Waals surface area contributed by atoms with Crippen LogP contribution in [-0.2, 0) is 0 Å². The number of hydrogen-bond acceptors (Lipinski definition) is 2. The minimum absolute atomic E-state index is 1.10. The highest BCUT2D eigenvalue weighted by Crippen LogP contribution is 2.45. The molecule has 0 atom stereocenters. The van der Waals surface area contributed by atoms with E-state index in [4.69, 9.17) is 0 Å². The summed E-state index contributed by atoms with van der Waals surface area (Å²) >= 11 is 0. The Labute approximate surface area is 356 Å². The van der Waals surface area contributed by atoms with E-state index in [1.165, 1.54) is 49.3 Å². The van der Waals surface area contributed by atoms with Gasteiger partial charge < -0.3 is 14.4 Å². The Morgan fingerprint density at radius 3 is 1.46 bits per heavy atom. The van der Waals surface area contributed by atoms with Crippen molar-refractivity contribution in [3.8, 4) is 27.9 Å². The van der Waals surface area contributed by atoms with Crippen LogP contribution >= 0.6 is 0 Å². The first-order valence-electron chi connectivity index (χ1n) is 20.9. The predicted octanol–water partition coefficient (Wildman–Crippen LogP) is 16.2. The van der Waals surface area contributed by atoms with Crippen molar-refractivity contribution < 1.29 is 0 Å². The number of hydrogen-bond donors (Lipinski definition) is 0. The molecule has 0 spiro atoms. The summed E-state index contributed by atoms with van der Waals surface area (Å²) in [5, 5.41) is 4.85. The third kappa shape index (κ3) is 6.50. The van der Waals surface area contributed by atoms with E-state index in [1.807, 2.05) is 0 Å². The van der Waals surface area contributed by atoms with Crippen molar-refractivity contribution in [2.45, 2.75) is 0 Å². The Balaban J connectivity index is 1.04. The molecule has 0 saturated carbocycles. The van der Waals surface area contributed by atoms with Crippen LogP contribution in [0.2, 0.25) is 0 Å². The lowest BCUT2D eigenvalue weighted by molar-refractivity contribution is 1.18. The zero-order valence-corrected chi connectivity index (χ0v) is 33.5. The molecule has 10 aromatic carbocycles.